The summed E-state index contributed by atoms with van der Waals surface area (Å²) in [6.07, 6.45) is 1.38. The summed E-state index contributed by atoms with van der Waals surface area (Å²) >= 11 is 0. The molecule has 0 aromatic heterocycles. The standard InChI is InChI=1S/C26H36N2O3S/c1-16-11-20(5)25(21(6)12-16)32(30,31)28-10-8-9-23(15-28)26(29)27-22(7)24-14-18(3)17(2)13-19(24)4/h11-14,22-23H,8-10,15H2,1-7H3,(H,27,29)/t22-,23-/m0/s1. The van der Waals surface area contributed by atoms with Gasteiger partial charge in [0.1, 0.15) is 0 Å². The van der Waals surface area contributed by atoms with Gasteiger partial charge in [0.25, 0.3) is 0 Å². The number of sulfonamides is 1. The molecule has 1 fully saturated rings. The Bertz CT molecular complexity index is 1110. The predicted octanol–water partition coefficient (Wildman–Crippen LogP) is 4.82. The Morgan fingerprint density at radius 1 is 0.938 bits per heavy atom. The smallest absolute Gasteiger partial charge is 0.243 e. The zero-order valence-electron chi connectivity index (χ0n) is 20.4. The van der Waals surface area contributed by atoms with Crippen molar-refractivity contribution in [3.63, 3.8) is 0 Å². The van der Waals surface area contributed by atoms with Gasteiger partial charge in [0.2, 0.25) is 15.9 Å². The van der Waals surface area contributed by atoms with Gasteiger partial charge in [-0.15, -0.1) is 0 Å². The van der Waals surface area contributed by atoms with Gasteiger partial charge in [-0.1, -0.05) is 29.8 Å². The summed E-state index contributed by atoms with van der Waals surface area (Å²) in [6.45, 7) is 14.5. The minimum Gasteiger partial charge on any atom is -0.349 e. The molecule has 3 rings (SSSR count). The number of rotatable bonds is 5. The monoisotopic (exact) mass is 456 g/mol. The van der Waals surface area contributed by atoms with Gasteiger partial charge < -0.3 is 5.32 Å². The molecule has 1 saturated heterocycles. The molecule has 2 aromatic carbocycles. The number of amides is 1. The molecule has 1 heterocycles. The molecule has 2 aromatic rings. The summed E-state index contributed by atoms with van der Waals surface area (Å²) in [5.41, 5.74) is 7.25. The normalized spacial score (nSPS) is 18.4. The molecule has 32 heavy (non-hydrogen) atoms. The molecule has 1 amide bonds. The summed E-state index contributed by atoms with van der Waals surface area (Å²) in [7, 11) is -3.65. The predicted molar refractivity (Wildman–Crippen MR) is 129 cm³/mol. The van der Waals surface area contributed by atoms with Crippen LogP contribution in [0.2, 0.25) is 0 Å². The second kappa shape index (κ2) is 9.36. The van der Waals surface area contributed by atoms with Gasteiger partial charge in [0.05, 0.1) is 16.9 Å². The van der Waals surface area contributed by atoms with Crippen molar-refractivity contribution < 1.29 is 13.2 Å². The first-order chi connectivity index (χ1) is 14.9. The fourth-order valence-electron chi connectivity index (χ4n) is 4.94. The van der Waals surface area contributed by atoms with Gasteiger partial charge in [-0.25, -0.2) is 8.42 Å². The minimum atomic E-state index is -3.65. The van der Waals surface area contributed by atoms with Crippen molar-refractivity contribution in [3.8, 4) is 0 Å². The van der Waals surface area contributed by atoms with Crippen LogP contribution in [-0.4, -0.2) is 31.7 Å². The van der Waals surface area contributed by atoms with Crippen molar-refractivity contribution >= 4 is 15.9 Å². The first-order valence-corrected chi connectivity index (χ1v) is 12.8. The van der Waals surface area contributed by atoms with Crippen LogP contribution in [0, 0.1) is 47.5 Å². The Morgan fingerprint density at radius 3 is 2.16 bits per heavy atom. The lowest BCUT2D eigenvalue weighted by Crippen LogP contribution is -2.46. The molecule has 0 bridgehead atoms. The summed E-state index contributed by atoms with van der Waals surface area (Å²) < 4.78 is 28.4. The van der Waals surface area contributed by atoms with E-state index in [1.807, 2.05) is 39.8 Å². The average molecular weight is 457 g/mol. The number of carbonyl (C=O) groups excluding carboxylic acids is 1. The highest BCUT2D eigenvalue weighted by Gasteiger charge is 2.35. The van der Waals surface area contributed by atoms with Crippen molar-refractivity contribution in [2.45, 2.75) is 72.2 Å². The quantitative estimate of drug-likeness (QED) is 0.702. The fourth-order valence-corrected chi connectivity index (χ4v) is 6.87. The van der Waals surface area contributed by atoms with E-state index in [9.17, 15) is 13.2 Å². The van der Waals surface area contributed by atoms with E-state index in [-0.39, 0.29) is 24.4 Å². The van der Waals surface area contributed by atoms with E-state index in [0.717, 1.165) is 27.8 Å². The summed E-state index contributed by atoms with van der Waals surface area (Å²) in [4.78, 5) is 13.5. The Hall–Kier alpha value is -2.18. The number of hydrogen-bond acceptors (Lipinski definition) is 3. The maximum atomic E-state index is 13.5. The van der Waals surface area contributed by atoms with Crippen LogP contribution in [0.5, 0.6) is 0 Å². The molecule has 1 N–H and O–H groups in total. The number of nitrogens with zero attached hydrogens (tertiary/aromatic N) is 1. The first kappa shape index (κ1) is 24.5. The van der Waals surface area contributed by atoms with Crippen LogP contribution >= 0.6 is 0 Å². The molecule has 0 unspecified atom stereocenters. The first-order valence-electron chi connectivity index (χ1n) is 11.4. The van der Waals surface area contributed by atoms with Crippen molar-refractivity contribution in [2.75, 3.05) is 13.1 Å². The van der Waals surface area contributed by atoms with E-state index < -0.39 is 10.0 Å². The maximum Gasteiger partial charge on any atom is 0.243 e. The van der Waals surface area contributed by atoms with Gasteiger partial charge in [0, 0.05) is 13.1 Å². The SMILES string of the molecule is Cc1cc(C)c(S(=O)(=O)N2CCC[C@H](C(=O)N[C@@H](C)c3cc(C)c(C)cc3C)C2)c(C)c1. The molecule has 5 nitrogen and oxygen atoms in total. The van der Waals surface area contributed by atoms with E-state index in [2.05, 4.69) is 38.2 Å². The second-order valence-electron chi connectivity index (χ2n) is 9.45. The molecule has 1 aliphatic rings. The summed E-state index contributed by atoms with van der Waals surface area (Å²) in [6, 6.07) is 7.96. The van der Waals surface area contributed by atoms with Crippen molar-refractivity contribution in [3.05, 3.63) is 63.2 Å². The van der Waals surface area contributed by atoms with Gasteiger partial charge in [-0.2, -0.15) is 4.31 Å². The van der Waals surface area contributed by atoms with Crippen LogP contribution in [0.15, 0.2) is 29.2 Å². The Kier molecular flexibility index (Phi) is 7.15. The zero-order chi connectivity index (χ0) is 23.8. The lowest BCUT2D eigenvalue weighted by Gasteiger charge is -2.33. The summed E-state index contributed by atoms with van der Waals surface area (Å²) in [5.74, 6) is -0.425. The molecule has 6 heteroatoms. The molecule has 0 spiro atoms. The van der Waals surface area contributed by atoms with Crippen LogP contribution in [-0.2, 0) is 14.8 Å². The van der Waals surface area contributed by atoms with E-state index >= 15 is 0 Å². The molecule has 0 saturated carbocycles. The lowest BCUT2D eigenvalue weighted by molar-refractivity contribution is -0.126. The second-order valence-corrected chi connectivity index (χ2v) is 11.3. The molecular formula is C26H36N2O3S. The molecule has 2 atom stereocenters. The zero-order valence-corrected chi connectivity index (χ0v) is 21.2. The number of aryl methyl sites for hydroxylation is 6. The Morgan fingerprint density at radius 2 is 1.53 bits per heavy atom. The number of piperidine rings is 1. The van der Waals surface area contributed by atoms with Gasteiger partial charge in [0.15, 0.2) is 0 Å². The van der Waals surface area contributed by atoms with E-state index in [1.54, 1.807) is 0 Å². The molecule has 174 valence electrons. The van der Waals surface area contributed by atoms with E-state index in [0.29, 0.717) is 24.3 Å². The van der Waals surface area contributed by atoms with E-state index in [1.165, 1.54) is 15.4 Å². The highest BCUT2D eigenvalue weighted by Crippen LogP contribution is 2.29. The van der Waals surface area contributed by atoms with Crippen LogP contribution in [0.25, 0.3) is 0 Å². The third-order valence-electron chi connectivity index (χ3n) is 6.67. The van der Waals surface area contributed by atoms with Crippen LogP contribution in [0.3, 0.4) is 0 Å². The van der Waals surface area contributed by atoms with Crippen molar-refractivity contribution in [2.24, 2.45) is 5.92 Å². The highest BCUT2D eigenvalue weighted by molar-refractivity contribution is 7.89. The van der Waals surface area contributed by atoms with Crippen molar-refractivity contribution in [1.29, 1.82) is 0 Å². The minimum absolute atomic E-state index is 0.0765. The average Bonchev–Trinajstić information content (AvgIpc) is 2.69. The van der Waals surface area contributed by atoms with Gasteiger partial charge in [-0.3, -0.25) is 4.79 Å². The molecule has 0 aliphatic carbocycles. The number of hydrogen-bond donors (Lipinski definition) is 1. The largest absolute Gasteiger partial charge is 0.349 e. The van der Waals surface area contributed by atoms with Crippen molar-refractivity contribution in [1.82, 2.24) is 9.62 Å². The fraction of sp³-hybridized carbons (Fsp3) is 0.500. The molecular weight excluding hydrogens is 420 g/mol. The van der Waals surface area contributed by atoms with Crippen LogP contribution < -0.4 is 5.32 Å². The molecule has 0 radical (unpaired) electrons. The van der Waals surface area contributed by atoms with Gasteiger partial charge >= 0.3 is 0 Å². The molecule has 1 aliphatic heterocycles. The van der Waals surface area contributed by atoms with Crippen LogP contribution in [0.1, 0.15) is 64.8 Å². The topological polar surface area (TPSA) is 66.5 Å². The number of benzene rings is 2. The van der Waals surface area contributed by atoms with Gasteiger partial charge in [-0.05, 0) is 94.7 Å². The highest BCUT2D eigenvalue weighted by atomic mass is 32.2. The lowest BCUT2D eigenvalue weighted by atomic mass is 9.95. The van der Waals surface area contributed by atoms with E-state index in [4.69, 9.17) is 0 Å². The third kappa shape index (κ3) is 4.91. The maximum absolute atomic E-state index is 13.5. The number of carbonyl (C=O) groups is 1. The van der Waals surface area contributed by atoms with Crippen LogP contribution in [0.4, 0.5) is 0 Å². The Balaban J connectivity index is 1.77. The Labute approximate surface area is 193 Å². The third-order valence-corrected chi connectivity index (χ3v) is 8.84. The number of nitrogens with one attached hydrogen (secondary N) is 1. The summed E-state index contributed by atoms with van der Waals surface area (Å²) in [5, 5.41) is 3.13.